The molecule has 76 valence electrons. The van der Waals surface area contributed by atoms with Gasteiger partial charge in [-0.2, -0.15) is 0 Å². The summed E-state index contributed by atoms with van der Waals surface area (Å²) in [6, 6.07) is 7.02. The molecule has 0 fully saturated rings. The molecule has 2 rings (SSSR count). The summed E-state index contributed by atoms with van der Waals surface area (Å²) in [4.78, 5) is 4.07. The molecule has 0 aliphatic heterocycles. The fourth-order valence-corrected chi connectivity index (χ4v) is 1.36. The lowest BCUT2D eigenvalue weighted by atomic mass is 10.1. The Hall–Kier alpha value is -1.77. The van der Waals surface area contributed by atoms with Crippen LogP contribution in [0.5, 0.6) is 0 Å². The van der Waals surface area contributed by atoms with E-state index in [9.17, 15) is 8.78 Å². The van der Waals surface area contributed by atoms with Gasteiger partial charge in [0.05, 0.1) is 0 Å². The molecule has 0 radical (unpaired) electrons. The van der Waals surface area contributed by atoms with E-state index >= 15 is 0 Å². The van der Waals surface area contributed by atoms with Gasteiger partial charge in [0.25, 0.3) is 0 Å². The maximum Gasteiger partial charge on any atom is 0.126 e. The molecule has 2 aromatic rings. The van der Waals surface area contributed by atoms with Crippen molar-refractivity contribution in [2.24, 2.45) is 0 Å². The lowest BCUT2D eigenvalue weighted by Gasteiger charge is -2.02. The summed E-state index contributed by atoms with van der Waals surface area (Å²) in [6.45, 7) is 1.86. The van der Waals surface area contributed by atoms with Gasteiger partial charge in [-0.3, -0.25) is 4.98 Å². The molecule has 15 heavy (non-hydrogen) atoms. The summed E-state index contributed by atoms with van der Waals surface area (Å²) >= 11 is 0. The van der Waals surface area contributed by atoms with E-state index in [0.717, 1.165) is 11.8 Å². The Labute approximate surface area is 86.4 Å². The number of halogens is 2. The molecule has 1 aromatic heterocycles. The van der Waals surface area contributed by atoms with Crippen LogP contribution in [0.15, 0.2) is 36.5 Å². The third-order valence-corrected chi connectivity index (χ3v) is 2.11. The number of pyridine rings is 1. The number of benzene rings is 1. The Morgan fingerprint density at radius 3 is 2.13 bits per heavy atom. The number of aromatic nitrogens is 1. The Balaban J connectivity index is 2.49. The third-order valence-electron chi connectivity index (χ3n) is 2.11. The van der Waals surface area contributed by atoms with Gasteiger partial charge < -0.3 is 0 Å². The highest BCUT2D eigenvalue weighted by Gasteiger charge is 2.02. The highest BCUT2D eigenvalue weighted by atomic mass is 19.1. The van der Waals surface area contributed by atoms with Gasteiger partial charge in [-0.25, -0.2) is 8.78 Å². The number of hydrogen-bond donors (Lipinski definition) is 0. The Morgan fingerprint density at radius 1 is 0.933 bits per heavy atom. The molecular formula is C12H9F2N. The van der Waals surface area contributed by atoms with Gasteiger partial charge in [0.2, 0.25) is 0 Å². The first-order valence-corrected chi connectivity index (χ1v) is 4.54. The van der Waals surface area contributed by atoms with E-state index in [0.29, 0.717) is 11.1 Å². The lowest BCUT2D eigenvalue weighted by molar-refractivity contribution is 0.584. The van der Waals surface area contributed by atoms with Crippen molar-refractivity contribution >= 4 is 0 Å². The third kappa shape index (κ3) is 2.18. The largest absolute Gasteiger partial charge is 0.261 e. The fraction of sp³-hybridized carbons (Fsp3) is 0.0833. The van der Waals surface area contributed by atoms with Crippen molar-refractivity contribution in [3.05, 3.63) is 53.9 Å². The Morgan fingerprint density at radius 2 is 1.60 bits per heavy atom. The molecule has 0 saturated heterocycles. The zero-order chi connectivity index (χ0) is 10.8. The molecular weight excluding hydrogens is 196 g/mol. The molecule has 0 atom stereocenters. The predicted molar refractivity (Wildman–Crippen MR) is 54.3 cm³/mol. The molecule has 1 nitrogen and oxygen atoms in total. The Kier molecular flexibility index (Phi) is 2.46. The van der Waals surface area contributed by atoms with Gasteiger partial charge in [0.1, 0.15) is 11.6 Å². The van der Waals surface area contributed by atoms with Crippen LogP contribution in [0.1, 0.15) is 5.69 Å². The van der Waals surface area contributed by atoms with E-state index in [2.05, 4.69) is 4.98 Å². The van der Waals surface area contributed by atoms with Crippen LogP contribution in [0.2, 0.25) is 0 Å². The fourth-order valence-electron chi connectivity index (χ4n) is 1.36. The number of rotatable bonds is 1. The molecule has 0 N–H and O–H groups in total. The molecule has 0 bridgehead atoms. The monoisotopic (exact) mass is 205 g/mol. The van der Waals surface area contributed by atoms with Crippen LogP contribution in [-0.4, -0.2) is 4.98 Å². The zero-order valence-electron chi connectivity index (χ0n) is 8.17. The van der Waals surface area contributed by atoms with E-state index in [1.54, 1.807) is 18.3 Å². The normalized spacial score (nSPS) is 10.3. The summed E-state index contributed by atoms with van der Waals surface area (Å²) in [7, 11) is 0. The van der Waals surface area contributed by atoms with Gasteiger partial charge in [0.15, 0.2) is 0 Å². The second-order valence-corrected chi connectivity index (χ2v) is 3.35. The second kappa shape index (κ2) is 3.77. The first-order valence-electron chi connectivity index (χ1n) is 4.54. The van der Waals surface area contributed by atoms with Gasteiger partial charge in [-0.15, -0.1) is 0 Å². The maximum atomic E-state index is 12.9. The van der Waals surface area contributed by atoms with Crippen LogP contribution in [0.25, 0.3) is 11.1 Å². The van der Waals surface area contributed by atoms with Crippen molar-refractivity contribution in [1.82, 2.24) is 4.98 Å². The van der Waals surface area contributed by atoms with Crippen LogP contribution in [-0.2, 0) is 0 Å². The smallest absolute Gasteiger partial charge is 0.126 e. The summed E-state index contributed by atoms with van der Waals surface area (Å²) in [5, 5.41) is 0. The van der Waals surface area contributed by atoms with Crippen LogP contribution < -0.4 is 0 Å². The van der Waals surface area contributed by atoms with Crippen molar-refractivity contribution in [3.63, 3.8) is 0 Å². The van der Waals surface area contributed by atoms with Gasteiger partial charge in [-0.05, 0) is 30.7 Å². The Bertz CT molecular complexity index is 457. The van der Waals surface area contributed by atoms with Crippen LogP contribution in [0, 0.1) is 18.6 Å². The van der Waals surface area contributed by atoms with Crippen LogP contribution >= 0.6 is 0 Å². The van der Waals surface area contributed by atoms with E-state index in [1.165, 1.54) is 12.1 Å². The number of hydrogen-bond acceptors (Lipinski definition) is 1. The average Bonchev–Trinajstić information content (AvgIpc) is 2.17. The first kappa shape index (κ1) is 9.77. The molecule has 0 unspecified atom stereocenters. The van der Waals surface area contributed by atoms with Gasteiger partial charge >= 0.3 is 0 Å². The summed E-state index contributed by atoms with van der Waals surface area (Å²) in [5.41, 5.74) is 2.08. The minimum absolute atomic E-state index is 0.500. The van der Waals surface area contributed by atoms with Crippen molar-refractivity contribution < 1.29 is 8.78 Å². The second-order valence-electron chi connectivity index (χ2n) is 3.35. The van der Waals surface area contributed by atoms with E-state index in [4.69, 9.17) is 0 Å². The minimum Gasteiger partial charge on any atom is -0.261 e. The molecule has 3 heteroatoms. The van der Waals surface area contributed by atoms with Crippen molar-refractivity contribution in [3.8, 4) is 11.1 Å². The van der Waals surface area contributed by atoms with Crippen LogP contribution in [0.3, 0.4) is 0 Å². The summed E-state index contributed by atoms with van der Waals surface area (Å²) in [5.74, 6) is -1.16. The molecule has 0 aliphatic rings. The quantitative estimate of drug-likeness (QED) is 0.695. The number of aryl methyl sites for hydroxylation is 1. The predicted octanol–water partition coefficient (Wildman–Crippen LogP) is 3.34. The number of nitrogens with zero attached hydrogens (tertiary/aromatic N) is 1. The highest BCUT2D eigenvalue weighted by Crippen LogP contribution is 2.20. The molecule has 1 aromatic carbocycles. The molecule has 0 saturated carbocycles. The lowest BCUT2D eigenvalue weighted by Crippen LogP contribution is -1.86. The highest BCUT2D eigenvalue weighted by molar-refractivity contribution is 5.62. The van der Waals surface area contributed by atoms with E-state index in [-0.39, 0.29) is 0 Å². The van der Waals surface area contributed by atoms with Gasteiger partial charge in [0, 0.05) is 23.5 Å². The van der Waals surface area contributed by atoms with Crippen molar-refractivity contribution in [2.45, 2.75) is 6.92 Å². The topological polar surface area (TPSA) is 12.9 Å². The summed E-state index contributed by atoms with van der Waals surface area (Å²) in [6.07, 6.45) is 1.60. The molecule has 0 aliphatic carbocycles. The molecule has 1 heterocycles. The average molecular weight is 205 g/mol. The zero-order valence-corrected chi connectivity index (χ0v) is 8.17. The van der Waals surface area contributed by atoms with Crippen molar-refractivity contribution in [2.75, 3.05) is 0 Å². The first-order chi connectivity index (χ1) is 7.15. The SMILES string of the molecule is Cc1ccc(-c2cc(F)cc(F)c2)cn1. The summed E-state index contributed by atoms with van der Waals surface area (Å²) < 4.78 is 25.9. The molecule has 0 spiro atoms. The van der Waals surface area contributed by atoms with Gasteiger partial charge in [-0.1, -0.05) is 6.07 Å². The standard InChI is InChI=1S/C12H9F2N/c1-8-2-3-9(7-15-8)10-4-11(13)6-12(14)5-10/h2-7H,1H3. The molecule has 0 amide bonds. The minimum atomic E-state index is -0.578. The van der Waals surface area contributed by atoms with E-state index in [1.807, 2.05) is 6.92 Å². The van der Waals surface area contributed by atoms with E-state index < -0.39 is 11.6 Å². The van der Waals surface area contributed by atoms with Crippen LogP contribution in [0.4, 0.5) is 8.78 Å². The maximum absolute atomic E-state index is 12.9. The van der Waals surface area contributed by atoms with Crippen molar-refractivity contribution in [1.29, 1.82) is 0 Å².